The lowest BCUT2D eigenvalue weighted by Gasteiger charge is -2.25. The summed E-state index contributed by atoms with van der Waals surface area (Å²) in [4.78, 5) is 18.0. The monoisotopic (exact) mass is 422 g/mol. The molecule has 0 fully saturated rings. The summed E-state index contributed by atoms with van der Waals surface area (Å²) < 4.78 is 7.02. The van der Waals surface area contributed by atoms with Crippen molar-refractivity contribution in [3.8, 4) is 5.75 Å². The number of hydrogen-bond donors (Lipinski definition) is 1. The topological polar surface area (TPSA) is 50.7 Å². The molecule has 0 spiro atoms. The second-order valence-corrected chi connectivity index (χ2v) is 9.07. The summed E-state index contributed by atoms with van der Waals surface area (Å²) >= 11 is 7.92. The van der Waals surface area contributed by atoms with Gasteiger partial charge in [-0.25, -0.2) is 0 Å². The second-order valence-electron chi connectivity index (χ2n) is 7.58. The predicted octanol–water partition coefficient (Wildman–Crippen LogP) is 5.88. The number of amides is 1. The van der Waals surface area contributed by atoms with E-state index in [1.807, 2.05) is 30.5 Å². The average molecular weight is 423 g/mol. The van der Waals surface area contributed by atoms with E-state index in [0.29, 0.717) is 5.75 Å². The fourth-order valence-corrected chi connectivity index (χ4v) is 5.36. The molecule has 0 saturated carbocycles. The van der Waals surface area contributed by atoms with Gasteiger partial charge >= 0.3 is 0 Å². The number of fused-ring (bicyclic) bond motifs is 3. The van der Waals surface area contributed by atoms with Gasteiger partial charge in [0.1, 0.15) is 5.75 Å². The fourth-order valence-electron chi connectivity index (χ4n) is 3.86. The zero-order chi connectivity index (χ0) is 20.3. The van der Waals surface area contributed by atoms with Crippen molar-refractivity contribution in [1.29, 1.82) is 0 Å². The van der Waals surface area contributed by atoms with Crippen LogP contribution in [0.25, 0.3) is 10.1 Å². The lowest BCUT2D eigenvalue weighted by molar-refractivity contribution is -0.122. The Morgan fingerprint density at radius 3 is 2.90 bits per heavy atom. The normalized spacial score (nSPS) is 18.2. The zero-order valence-corrected chi connectivity index (χ0v) is 17.9. The molecule has 2 aliphatic heterocycles. The zero-order valence-electron chi connectivity index (χ0n) is 16.3. The van der Waals surface area contributed by atoms with Crippen LogP contribution in [-0.4, -0.2) is 17.7 Å². The number of nitrogens with one attached hydrogen (secondary N) is 1. The van der Waals surface area contributed by atoms with Crippen molar-refractivity contribution in [2.24, 2.45) is 4.99 Å². The van der Waals surface area contributed by atoms with Crippen molar-refractivity contribution < 1.29 is 9.53 Å². The number of ether oxygens (including phenoxy) is 1. The highest BCUT2D eigenvalue weighted by Gasteiger charge is 2.27. The van der Waals surface area contributed by atoms with E-state index < -0.39 is 6.10 Å². The molecule has 0 aliphatic carbocycles. The van der Waals surface area contributed by atoms with Gasteiger partial charge in [0.25, 0.3) is 5.91 Å². The number of benzene rings is 2. The number of aryl methyl sites for hydroxylation is 1. The smallest absolute Gasteiger partial charge is 0.265 e. The number of aliphatic imine (C=N–C) groups is 1. The molecule has 5 rings (SSSR count). The summed E-state index contributed by atoms with van der Waals surface area (Å²) in [5.74, 6) is 0.564. The summed E-state index contributed by atoms with van der Waals surface area (Å²) in [5.41, 5.74) is 6.19. The molecule has 0 radical (unpaired) electrons. The van der Waals surface area contributed by atoms with Gasteiger partial charge in [0.15, 0.2) is 6.10 Å². The molecule has 3 heterocycles. The molecule has 3 aromatic rings. The SMILES string of the molecule is CC1=CN=C(c2sc3cc(Cl)ccc3c2C)c2cc3c(cc2C1)NC(=O)C(C)O3. The molecular formula is C23H19ClN2O2S. The molecule has 2 aromatic carbocycles. The molecule has 1 atom stereocenters. The minimum absolute atomic E-state index is 0.121. The van der Waals surface area contributed by atoms with Crippen LogP contribution in [0.1, 0.15) is 35.4 Å². The van der Waals surface area contributed by atoms with Crippen LogP contribution in [0.2, 0.25) is 5.02 Å². The Kier molecular flexibility index (Phi) is 4.26. The van der Waals surface area contributed by atoms with Gasteiger partial charge in [-0.1, -0.05) is 23.2 Å². The van der Waals surface area contributed by atoms with Crippen molar-refractivity contribution in [2.75, 3.05) is 5.32 Å². The lowest BCUT2D eigenvalue weighted by atomic mass is 9.95. The molecule has 2 aliphatic rings. The molecule has 29 heavy (non-hydrogen) atoms. The summed E-state index contributed by atoms with van der Waals surface area (Å²) in [5, 5.41) is 4.88. The van der Waals surface area contributed by atoms with Gasteiger partial charge in [0.05, 0.1) is 16.3 Å². The maximum atomic E-state index is 12.0. The van der Waals surface area contributed by atoms with Gasteiger partial charge in [-0.3, -0.25) is 9.79 Å². The van der Waals surface area contributed by atoms with E-state index >= 15 is 0 Å². The van der Waals surface area contributed by atoms with E-state index in [4.69, 9.17) is 21.3 Å². The molecule has 0 bridgehead atoms. The number of anilines is 1. The number of nitrogens with zero attached hydrogens (tertiary/aromatic N) is 1. The largest absolute Gasteiger partial charge is 0.479 e. The summed E-state index contributed by atoms with van der Waals surface area (Å²) in [6, 6.07) is 10.0. The van der Waals surface area contributed by atoms with Crippen LogP contribution in [0.5, 0.6) is 5.75 Å². The minimum Gasteiger partial charge on any atom is -0.479 e. The minimum atomic E-state index is -0.514. The van der Waals surface area contributed by atoms with E-state index in [1.54, 1.807) is 18.3 Å². The number of carbonyl (C=O) groups excluding carboxylic acids is 1. The maximum absolute atomic E-state index is 12.0. The standard InChI is InChI=1S/C23H19ClN2O2S/c1-11-6-14-7-18-19(28-13(3)23(27)26-18)9-17(14)21(25-10-11)22-12(2)16-5-4-15(24)8-20(16)29-22/h4-5,7-10,13H,6H2,1-3H3,(H,26,27). The van der Waals surface area contributed by atoms with E-state index in [-0.39, 0.29) is 5.91 Å². The van der Waals surface area contributed by atoms with Gasteiger partial charge < -0.3 is 10.1 Å². The van der Waals surface area contributed by atoms with Crippen LogP contribution >= 0.6 is 22.9 Å². The van der Waals surface area contributed by atoms with Crippen LogP contribution in [0.15, 0.2) is 47.1 Å². The molecule has 146 valence electrons. The third kappa shape index (κ3) is 3.05. The summed E-state index contributed by atoms with van der Waals surface area (Å²) in [7, 11) is 0. The van der Waals surface area contributed by atoms with Crippen LogP contribution in [0, 0.1) is 6.92 Å². The summed E-state index contributed by atoms with van der Waals surface area (Å²) in [6.45, 7) is 5.96. The number of rotatable bonds is 1. The molecule has 1 unspecified atom stereocenters. The van der Waals surface area contributed by atoms with E-state index in [0.717, 1.165) is 43.5 Å². The van der Waals surface area contributed by atoms with E-state index in [2.05, 4.69) is 25.2 Å². The first-order valence-electron chi connectivity index (χ1n) is 9.48. The van der Waals surface area contributed by atoms with Crippen molar-refractivity contribution >= 4 is 50.3 Å². The first kappa shape index (κ1) is 18.4. The quantitative estimate of drug-likeness (QED) is 0.532. The third-order valence-electron chi connectivity index (χ3n) is 5.39. The van der Waals surface area contributed by atoms with Gasteiger partial charge in [0.2, 0.25) is 0 Å². The Balaban J connectivity index is 1.72. The molecular weight excluding hydrogens is 404 g/mol. The number of halogens is 1. The lowest BCUT2D eigenvalue weighted by Crippen LogP contribution is -2.34. The van der Waals surface area contributed by atoms with Crippen LogP contribution < -0.4 is 10.1 Å². The molecule has 1 amide bonds. The molecule has 1 N–H and O–H groups in total. The number of thiophene rings is 1. The average Bonchev–Trinajstić information content (AvgIpc) is 2.89. The Morgan fingerprint density at radius 1 is 1.24 bits per heavy atom. The van der Waals surface area contributed by atoms with Crippen molar-refractivity contribution in [3.63, 3.8) is 0 Å². The molecule has 6 heteroatoms. The summed E-state index contributed by atoms with van der Waals surface area (Å²) in [6.07, 6.45) is 2.20. The van der Waals surface area contributed by atoms with E-state index in [1.165, 1.54) is 16.5 Å². The van der Waals surface area contributed by atoms with Crippen molar-refractivity contribution in [2.45, 2.75) is 33.3 Å². The first-order chi connectivity index (χ1) is 13.9. The first-order valence-corrected chi connectivity index (χ1v) is 10.7. The fraction of sp³-hybridized carbons (Fsp3) is 0.217. The number of hydrogen-bond acceptors (Lipinski definition) is 4. The highest BCUT2D eigenvalue weighted by atomic mass is 35.5. The van der Waals surface area contributed by atoms with Gasteiger partial charge in [-0.2, -0.15) is 0 Å². The van der Waals surface area contributed by atoms with Gasteiger partial charge in [-0.15, -0.1) is 11.3 Å². The second kappa shape index (κ2) is 6.71. The Labute approximate surface area is 177 Å². The maximum Gasteiger partial charge on any atom is 0.265 e. The molecule has 0 saturated heterocycles. The third-order valence-corrected chi connectivity index (χ3v) is 6.89. The molecule has 1 aromatic heterocycles. The van der Waals surface area contributed by atoms with Crippen molar-refractivity contribution in [3.05, 3.63) is 68.7 Å². The molecule has 4 nitrogen and oxygen atoms in total. The van der Waals surface area contributed by atoms with Gasteiger partial charge in [-0.05, 0) is 68.0 Å². The Morgan fingerprint density at radius 2 is 2.07 bits per heavy atom. The highest BCUT2D eigenvalue weighted by molar-refractivity contribution is 7.21. The van der Waals surface area contributed by atoms with Crippen LogP contribution in [0.4, 0.5) is 5.69 Å². The van der Waals surface area contributed by atoms with E-state index in [9.17, 15) is 4.79 Å². The Bertz CT molecular complexity index is 1260. The van der Waals surface area contributed by atoms with Crippen molar-refractivity contribution in [1.82, 2.24) is 0 Å². The van der Waals surface area contributed by atoms with Gasteiger partial charge in [0, 0.05) is 21.5 Å². The number of carbonyl (C=O) groups is 1. The highest BCUT2D eigenvalue weighted by Crippen LogP contribution is 2.39. The van der Waals surface area contributed by atoms with Crippen LogP contribution in [-0.2, 0) is 11.2 Å². The number of allylic oxidation sites excluding steroid dienone is 1. The predicted molar refractivity (Wildman–Crippen MR) is 120 cm³/mol. The van der Waals surface area contributed by atoms with Crippen LogP contribution in [0.3, 0.4) is 0 Å². The Hall–Kier alpha value is -2.63.